The number of hydrogen-bond acceptors (Lipinski definition) is 8. The van der Waals surface area contributed by atoms with Crippen LogP contribution in [0.25, 0.3) is 0 Å². The molecule has 2 aliphatic heterocycles. The fraction of sp³-hybridized carbons (Fsp3) is 1.00. The van der Waals surface area contributed by atoms with Gasteiger partial charge in [0.1, 0.15) is 0 Å². The molecule has 39 heavy (non-hydrogen) atoms. The van der Waals surface area contributed by atoms with E-state index >= 15 is 0 Å². The van der Waals surface area contributed by atoms with Crippen LogP contribution in [0.5, 0.6) is 0 Å². The van der Waals surface area contributed by atoms with E-state index in [4.69, 9.17) is 27.6 Å². The monoisotopic (exact) mass is 594 g/mol. The van der Waals surface area contributed by atoms with Gasteiger partial charge >= 0.3 is 15.6 Å². The molecule has 5 aliphatic rings. The van der Waals surface area contributed by atoms with Crippen LogP contribution in [-0.4, -0.2) is 59.6 Å². The van der Waals surface area contributed by atoms with E-state index in [0.29, 0.717) is 19.3 Å². The molecule has 5 fully saturated rings. The van der Waals surface area contributed by atoms with E-state index in [1.807, 2.05) is 0 Å². The van der Waals surface area contributed by atoms with Gasteiger partial charge in [-0.25, -0.2) is 9.13 Å². The summed E-state index contributed by atoms with van der Waals surface area (Å²) < 4.78 is 61.1. The Balaban J connectivity index is 1.26. The molecule has 3 saturated carbocycles. The van der Waals surface area contributed by atoms with E-state index in [0.717, 1.165) is 51.4 Å². The average Bonchev–Trinajstić information content (AvgIpc) is 3.40. The Morgan fingerprint density at radius 3 is 1.82 bits per heavy atom. The van der Waals surface area contributed by atoms with Gasteiger partial charge in [0.25, 0.3) is 0 Å². The van der Waals surface area contributed by atoms with Gasteiger partial charge in [-0.1, -0.05) is 64.2 Å². The number of hydrogen-bond donors (Lipinski definition) is 2. The van der Waals surface area contributed by atoms with Crippen LogP contribution in [0.15, 0.2) is 0 Å². The van der Waals surface area contributed by atoms with Gasteiger partial charge in [-0.3, -0.25) is 18.1 Å². The second kappa shape index (κ2) is 14.1. The van der Waals surface area contributed by atoms with Crippen LogP contribution < -0.4 is 0 Å². The molecule has 226 valence electrons. The lowest BCUT2D eigenvalue weighted by Gasteiger charge is -2.30. The summed E-state index contributed by atoms with van der Waals surface area (Å²) in [6, 6.07) is 0. The zero-order valence-electron chi connectivity index (χ0n) is 23.1. The van der Waals surface area contributed by atoms with E-state index < -0.39 is 39.9 Å². The molecule has 0 spiro atoms. The molecule has 5 rings (SSSR count). The lowest BCUT2D eigenvalue weighted by Crippen LogP contribution is -2.33. The number of rotatable bonds is 3. The van der Waals surface area contributed by atoms with Crippen LogP contribution in [0.3, 0.4) is 0 Å². The molecule has 2 saturated heterocycles. The summed E-state index contributed by atoms with van der Waals surface area (Å²) in [5.74, 6) is -0.205. The van der Waals surface area contributed by atoms with Crippen LogP contribution in [-0.2, 0) is 36.7 Å². The van der Waals surface area contributed by atoms with Crippen molar-refractivity contribution in [3.63, 3.8) is 0 Å². The predicted octanol–water partition coefficient (Wildman–Crippen LogP) is 6.43. The first-order chi connectivity index (χ1) is 18.8. The largest absolute Gasteiger partial charge is 0.472 e. The van der Waals surface area contributed by atoms with E-state index in [-0.39, 0.29) is 37.4 Å². The van der Waals surface area contributed by atoms with E-state index in [2.05, 4.69) is 0 Å². The van der Waals surface area contributed by atoms with Crippen LogP contribution in [0.2, 0.25) is 0 Å². The van der Waals surface area contributed by atoms with E-state index in [9.17, 15) is 18.9 Å². The minimum Gasteiger partial charge on any atom is -0.375 e. The Morgan fingerprint density at radius 2 is 1.15 bits per heavy atom. The van der Waals surface area contributed by atoms with Gasteiger partial charge in [0.15, 0.2) is 0 Å². The summed E-state index contributed by atoms with van der Waals surface area (Å²) in [6.45, 7) is -0.277. The molecule has 0 radical (unpaired) electrons. The van der Waals surface area contributed by atoms with Gasteiger partial charge in [-0.2, -0.15) is 0 Å². The van der Waals surface area contributed by atoms with Crippen molar-refractivity contribution >= 4 is 15.6 Å². The third-order valence-corrected chi connectivity index (χ3v) is 11.3. The molecule has 2 heterocycles. The summed E-state index contributed by atoms with van der Waals surface area (Å²) in [7, 11) is -8.80. The predicted molar refractivity (Wildman–Crippen MR) is 144 cm³/mol. The minimum absolute atomic E-state index is 0.131. The molecule has 3 aliphatic carbocycles. The van der Waals surface area contributed by atoms with Gasteiger partial charge in [-0.05, 0) is 38.0 Å². The first kappa shape index (κ1) is 30.6. The van der Waals surface area contributed by atoms with Gasteiger partial charge in [0.2, 0.25) is 0 Å². The second-order valence-electron chi connectivity index (χ2n) is 12.3. The van der Waals surface area contributed by atoms with Crippen LogP contribution in [0.4, 0.5) is 0 Å². The quantitative estimate of drug-likeness (QED) is 0.353. The highest BCUT2D eigenvalue weighted by Crippen LogP contribution is 2.54. The smallest absolute Gasteiger partial charge is 0.375 e. The van der Waals surface area contributed by atoms with Gasteiger partial charge in [0.05, 0.1) is 49.8 Å². The molecule has 12 heteroatoms. The van der Waals surface area contributed by atoms with Crippen molar-refractivity contribution in [1.82, 2.24) is 0 Å². The SMILES string of the molecule is O=P1(O)OC[C@@H]2C[C@@H](OP(=O)(O)OC[C@H]3C[C@@H](OC4CCCCCCC4)C[C@@H]3O1)C(C1CCCCCCC1)O2. The second-order valence-corrected chi connectivity index (χ2v) is 15.1. The van der Waals surface area contributed by atoms with Crippen molar-refractivity contribution < 1.29 is 46.5 Å². The lowest BCUT2D eigenvalue weighted by molar-refractivity contribution is -0.0510. The van der Waals surface area contributed by atoms with Crippen molar-refractivity contribution in [2.24, 2.45) is 11.8 Å². The van der Waals surface area contributed by atoms with Crippen molar-refractivity contribution in [3.8, 4) is 0 Å². The normalized spacial score (nSPS) is 44.6. The van der Waals surface area contributed by atoms with Crippen LogP contribution in [0.1, 0.15) is 109 Å². The van der Waals surface area contributed by atoms with Gasteiger partial charge in [-0.15, -0.1) is 0 Å². The maximum atomic E-state index is 13.1. The van der Waals surface area contributed by atoms with Crippen LogP contribution >= 0.6 is 15.6 Å². The highest BCUT2D eigenvalue weighted by Gasteiger charge is 2.47. The molecule has 0 aromatic rings. The van der Waals surface area contributed by atoms with Crippen molar-refractivity contribution in [3.05, 3.63) is 0 Å². The Kier molecular flexibility index (Phi) is 11.0. The van der Waals surface area contributed by atoms with Crippen molar-refractivity contribution in [1.29, 1.82) is 0 Å². The fourth-order valence-electron chi connectivity index (χ4n) is 7.25. The zero-order chi connectivity index (χ0) is 27.3. The van der Waals surface area contributed by atoms with E-state index in [1.165, 1.54) is 38.5 Å². The van der Waals surface area contributed by atoms with Gasteiger partial charge < -0.3 is 19.3 Å². The molecule has 0 amide bonds. The van der Waals surface area contributed by atoms with Crippen molar-refractivity contribution in [2.75, 3.05) is 13.2 Å². The first-order valence-electron chi connectivity index (χ1n) is 15.4. The number of ether oxygens (including phenoxy) is 2. The third-order valence-electron chi connectivity index (χ3n) is 9.26. The first-order valence-corrected chi connectivity index (χ1v) is 18.4. The van der Waals surface area contributed by atoms with Gasteiger partial charge in [0, 0.05) is 18.8 Å². The van der Waals surface area contributed by atoms with Crippen molar-refractivity contribution in [2.45, 2.75) is 146 Å². The fourth-order valence-corrected chi connectivity index (χ4v) is 9.25. The summed E-state index contributed by atoms with van der Waals surface area (Å²) in [4.78, 5) is 21.3. The Labute approximate surface area is 233 Å². The topological polar surface area (TPSA) is 130 Å². The van der Waals surface area contributed by atoms with Crippen LogP contribution in [0, 0.1) is 11.8 Å². The Hall–Kier alpha value is 0.140. The molecular weight excluding hydrogens is 546 g/mol. The number of phosphoric acid groups is 2. The Bertz CT molecular complexity index is 858. The summed E-state index contributed by atoms with van der Waals surface area (Å²) in [5, 5.41) is 0. The molecule has 3 unspecified atom stereocenters. The molecule has 0 aromatic heterocycles. The molecular formula is C27H48O10P2. The standard InChI is InChI=1S/C27H48O10P2/c28-38(29)32-18-21-15-23(34-22-13-9-5-2-6-10-14-22)16-25(21)36-39(30,31)33-19-24-17-26(37-38)27(35-24)20-11-7-3-1-4-8-12-20/h20-27H,1-19H2,(H,28,29)(H,30,31)/t21-,23-,24+,25+,26-,27?/m1/s1. The number of fused-ring (bicyclic) bond motifs is 3. The maximum Gasteiger partial charge on any atom is 0.472 e. The molecule has 0 aromatic carbocycles. The highest BCUT2D eigenvalue weighted by molar-refractivity contribution is 7.47. The highest BCUT2D eigenvalue weighted by atomic mass is 31.2. The average molecular weight is 595 g/mol. The van der Waals surface area contributed by atoms with E-state index in [1.54, 1.807) is 0 Å². The summed E-state index contributed by atoms with van der Waals surface area (Å²) in [6.07, 6.45) is 14.6. The lowest BCUT2D eigenvalue weighted by atomic mass is 9.85. The molecule has 2 bridgehead atoms. The summed E-state index contributed by atoms with van der Waals surface area (Å²) >= 11 is 0. The Morgan fingerprint density at radius 1 is 0.590 bits per heavy atom. The minimum atomic E-state index is -4.40. The molecule has 2 N–H and O–H groups in total. The molecule has 8 atom stereocenters. The summed E-state index contributed by atoms with van der Waals surface area (Å²) in [5.41, 5.74) is 0. The zero-order valence-corrected chi connectivity index (χ0v) is 24.9. The third kappa shape index (κ3) is 9.06. The number of phosphoric ester groups is 2. The molecule has 10 nitrogen and oxygen atoms in total. The maximum absolute atomic E-state index is 13.1.